The molecule has 0 bridgehead atoms. The maximum absolute atomic E-state index is 12.8. The van der Waals surface area contributed by atoms with Crippen molar-refractivity contribution in [3.8, 4) is 0 Å². The van der Waals surface area contributed by atoms with Crippen molar-refractivity contribution >= 4 is 17.9 Å². The van der Waals surface area contributed by atoms with Crippen LogP contribution in [0.25, 0.3) is 0 Å². The number of allylic oxidation sites excluding steroid dienone is 12. The third-order valence-electron chi connectivity index (χ3n) is 12.7. The van der Waals surface area contributed by atoms with Crippen molar-refractivity contribution in [3.63, 3.8) is 0 Å². The van der Waals surface area contributed by atoms with Crippen LogP contribution in [0.3, 0.4) is 0 Å². The Morgan fingerprint density at radius 1 is 0.304 bits per heavy atom. The number of carbonyl (C=O) groups excluding carboxylic acids is 3. The van der Waals surface area contributed by atoms with Gasteiger partial charge in [0.2, 0.25) is 0 Å². The molecule has 0 aliphatic rings. The molecule has 0 radical (unpaired) electrons. The molecule has 0 heterocycles. The predicted octanol–water partition coefficient (Wildman–Crippen LogP) is 19.8. The fourth-order valence-electron chi connectivity index (χ4n) is 8.29. The molecule has 1 atom stereocenters. The van der Waals surface area contributed by atoms with Gasteiger partial charge in [-0.1, -0.05) is 254 Å². The number of carbonyl (C=O) groups is 3. The Morgan fingerprint density at radius 2 is 0.565 bits per heavy atom. The topological polar surface area (TPSA) is 78.9 Å². The molecule has 0 N–H and O–H groups in total. The molecular formula is C63H110O6. The van der Waals surface area contributed by atoms with Crippen molar-refractivity contribution in [2.24, 2.45) is 0 Å². The molecule has 398 valence electrons. The van der Waals surface area contributed by atoms with E-state index in [-0.39, 0.29) is 31.1 Å². The van der Waals surface area contributed by atoms with Crippen LogP contribution in [0.1, 0.15) is 290 Å². The van der Waals surface area contributed by atoms with E-state index in [1.807, 2.05) is 0 Å². The smallest absolute Gasteiger partial charge is 0.306 e. The standard InChI is InChI=1S/C63H110O6/c1-4-7-10-13-15-17-19-21-23-25-26-27-28-29-30-31-32-33-34-35-36-38-39-41-43-45-47-50-53-56-62(65)68-59-60(58-67-61(64)55-52-49-12-9-6-3)69-63(66)57-54-51-48-46-44-42-40-37-24-22-20-18-16-14-11-8-5-2/h8,11,16,18-19,21-22,24-26,28-29,60H,4-7,9-10,12-15,17,20,23,27,30-59H2,1-3H3/b11-8-,18-16-,21-19-,24-22-,26-25-,29-28-. The second-order valence-electron chi connectivity index (χ2n) is 19.5. The van der Waals surface area contributed by atoms with Gasteiger partial charge in [-0.2, -0.15) is 0 Å². The number of unbranched alkanes of at least 4 members (excludes halogenated alkanes) is 30. The minimum atomic E-state index is -0.776. The molecule has 0 rings (SSSR count). The van der Waals surface area contributed by atoms with Gasteiger partial charge >= 0.3 is 17.9 Å². The Bertz CT molecular complexity index is 1290. The molecule has 6 heteroatoms. The molecule has 0 aromatic heterocycles. The Hall–Kier alpha value is -3.15. The van der Waals surface area contributed by atoms with Gasteiger partial charge in [-0.25, -0.2) is 0 Å². The van der Waals surface area contributed by atoms with Crippen LogP contribution < -0.4 is 0 Å². The molecule has 1 unspecified atom stereocenters. The van der Waals surface area contributed by atoms with Crippen LogP contribution in [0.4, 0.5) is 0 Å². The average molecular weight is 964 g/mol. The summed E-state index contributed by atoms with van der Waals surface area (Å²) in [5.74, 6) is -0.896. The van der Waals surface area contributed by atoms with Crippen LogP contribution in [0, 0.1) is 0 Å². The van der Waals surface area contributed by atoms with Crippen molar-refractivity contribution in [2.45, 2.75) is 297 Å². The highest BCUT2D eigenvalue weighted by atomic mass is 16.6. The van der Waals surface area contributed by atoms with E-state index in [1.54, 1.807) is 0 Å². The lowest BCUT2D eigenvalue weighted by atomic mass is 10.0. The molecule has 0 aliphatic carbocycles. The van der Waals surface area contributed by atoms with Gasteiger partial charge in [0.05, 0.1) is 0 Å². The molecule has 69 heavy (non-hydrogen) atoms. The molecule has 0 saturated carbocycles. The molecule has 0 aromatic rings. The molecular weight excluding hydrogens is 853 g/mol. The SMILES string of the molecule is CC/C=C\C/C=C\C/C=C\CCCCCCCCCC(=O)OC(COC(=O)CCCCCCC)COC(=O)CCCCCCCCCCCCCCCC/C=C\C/C=C\C/C=C\CCCCCCC. The maximum atomic E-state index is 12.8. The average Bonchev–Trinajstić information content (AvgIpc) is 3.35. The molecule has 0 aliphatic heterocycles. The van der Waals surface area contributed by atoms with Crippen LogP contribution in [-0.4, -0.2) is 37.2 Å². The van der Waals surface area contributed by atoms with Crippen LogP contribution in [0.15, 0.2) is 72.9 Å². The normalized spacial score (nSPS) is 12.6. The maximum Gasteiger partial charge on any atom is 0.306 e. The summed E-state index contributed by atoms with van der Waals surface area (Å²) in [4.78, 5) is 37.8. The lowest BCUT2D eigenvalue weighted by molar-refractivity contribution is -0.167. The van der Waals surface area contributed by atoms with Crippen molar-refractivity contribution in [2.75, 3.05) is 13.2 Å². The summed E-state index contributed by atoms with van der Waals surface area (Å²) in [6.45, 7) is 6.44. The molecule has 0 spiro atoms. The van der Waals surface area contributed by atoms with Crippen molar-refractivity contribution in [1.29, 1.82) is 0 Å². The molecule has 0 fully saturated rings. The Kier molecular flexibility index (Phi) is 54.8. The lowest BCUT2D eigenvalue weighted by Gasteiger charge is -2.18. The van der Waals surface area contributed by atoms with Crippen LogP contribution in [0.2, 0.25) is 0 Å². The Morgan fingerprint density at radius 3 is 0.884 bits per heavy atom. The third-order valence-corrected chi connectivity index (χ3v) is 12.7. The number of ether oxygens (including phenoxy) is 3. The van der Waals surface area contributed by atoms with Gasteiger partial charge in [0, 0.05) is 19.3 Å². The molecule has 6 nitrogen and oxygen atoms in total. The quantitative estimate of drug-likeness (QED) is 0.0262. The summed E-state index contributed by atoms with van der Waals surface area (Å²) >= 11 is 0. The monoisotopic (exact) mass is 963 g/mol. The van der Waals surface area contributed by atoms with E-state index in [0.717, 1.165) is 103 Å². The minimum absolute atomic E-state index is 0.0786. The van der Waals surface area contributed by atoms with E-state index in [0.29, 0.717) is 19.3 Å². The van der Waals surface area contributed by atoms with E-state index in [2.05, 4.69) is 93.7 Å². The third kappa shape index (κ3) is 55.6. The Labute approximate surface area is 427 Å². The highest BCUT2D eigenvalue weighted by molar-refractivity contribution is 5.71. The summed E-state index contributed by atoms with van der Waals surface area (Å²) in [5, 5.41) is 0. The molecule has 0 aromatic carbocycles. The first kappa shape index (κ1) is 65.8. The van der Waals surface area contributed by atoms with Gasteiger partial charge in [-0.3, -0.25) is 14.4 Å². The lowest BCUT2D eigenvalue weighted by Crippen LogP contribution is -2.30. The van der Waals surface area contributed by atoms with Gasteiger partial charge in [0.1, 0.15) is 13.2 Å². The summed E-state index contributed by atoms with van der Waals surface area (Å²) in [6.07, 6.45) is 73.8. The number of hydrogen-bond donors (Lipinski definition) is 0. The van der Waals surface area contributed by atoms with Gasteiger partial charge in [-0.15, -0.1) is 0 Å². The van der Waals surface area contributed by atoms with Crippen LogP contribution in [-0.2, 0) is 28.6 Å². The summed E-state index contributed by atoms with van der Waals surface area (Å²) in [7, 11) is 0. The second kappa shape index (κ2) is 57.4. The van der Waals surface area contributed by atoms with Crippen LogP contribution >= 0.6 is 0 Å². The fraction of sp³-hybridized carbons (Fsp3) is 0.762. The first-order valence-corrected chi connectivity index (χ1v) is 29.4. The molecule has 0 amide bonds. The zero-order chi connectivity index (χ0) is 50.0. The van der Waals surface area contributed by atoms with E-state index in [1.165, 1.54) is 148 Å². The minimum Gasteiger partial charge on any atom is -0.462 e. The van der Waals surface area contributed by atoms with E-state index < -0.39 is 6.10 Å². The first-order chi connectivity index (χ1) is 34.0. The van der Waals surface area contributed by atoms with Gasteiger partial charge in [0.25, 0.3) is 0 Å². The summed E-state index contributed by atoms with van der Waals surface area (Å²) < 4.78 is 16.7. The zero-order valence-corrected chi connectivity index (χ0v) is 45.6. The second-order valence-corrected chi connectivity index (χ2v) is 19.5. The summed E-state index contributed by atoms with van der Waals surface area (Å²) in [5.41, 5.74) is 0. The highest BCUT2D eigenvalue weighted by Gasteiger charge is 2.19. The van der Waals surface area contributed by atoms with Gasteiger partial charge < -0.3 is 14.2 Å². The summed E-state index contributed by atoms with van der Waals surface area (Å²) in [6, 6.07) is 0. The van der Waals surface area contributed by atoms with Gasteiger partial charge in [0.15, 0.2) is 6.10 Å². The largest absolute Gasteiger partial charge is 0.462 e. The van der Waals surface area contributed by atoms with Crippen LogP contribution in [0.5, 0.6) is 0 Å². The highest BCUT2D eigenvalue weighted by Crippen LogP contribution is 2.16. The molecule has 0 saturated heterocycles. The van der Waals surface area contributed by atoms with Gasteiger partial charge in [-0.05, 0) is 89.9 Å². The van der Waals surface area contributed by atoms with E-state index in [9.17, 15) is 14.4 Å². The Balaban J connectivity index is 4.02. The van der Waals surface area contributed by atoms with E-state index in [4.69, 9.17) is 14.2 Å². The fourth-order valence-corrected chi connectivity index (χ4v) is 8.29. The number of rotatable bonds is 53. The predicted molar refractivity (Wildman–Crippen MR) is 298 cm³/mol. The van der Waals surface area contributed by atoms with Crippen molar-refractivity contribution in [3.05, 3.63) is 72.9 Å². The number of hydrogen-bond acceptors (Lipinski definition) is 6. The van der Waals surface area contributed by atoms with E-state index >= 15 is 0 Å². The van der Waals surface area contributed by atoms with Crippen molar-refractivity contribution < 1.29 is 28.6 Å². The van der Waals surface area contributed by atoms with Crippen molar-refractivity contribution in [1.82, 2.24) is 0 Å². The zero-order valence-electron chi connectivity index (χ0n) is 45.6. The first-order valence-electron chi connectivity index (χ1n) is 29.4. The number of esters is 3.